The van der Waals surface area contributed by atoms with Crippen LogP contribution in [0.25, 0.3) is 5.57 Å². The normalized spacial score (nSPS) is 21.5. The zero-order valence-corrected chi connectivity index (χ0v) is 15.0. The Kier molecular flexibility index (Phi) is 4.69. The Hall–Kier alpha value is -2.14. The first-order valence-corrected chi connectivity index (χ1v) is 8.32. The van der Waals surface area contributed by atoms with Crippen molar-refractivity contribution < 1.29 is 9.53 Å². The summed E-state index contributed by atoms with van der Waals surface area (Å²) in [6, 6.07) is 12.7. The van der Waals surface area contributed by atoms with Gasteiger partial charge in [0.1, 0.15) is 5.54 Å². The molecule has 0 amide bonds. The fourth-order valence-corrected chi connectivity index (χ4v) is 3.47. The number of carbonyl (C=O) groups excluding carboxylic acids is 1. The van der Waals surface area contributed by atoms with Gasteiger partial charge in [0.25, 0.3) is 0 Å². The number of pyridine rings is 1. The molecule has 128 valence electrons. The lowest BCUT2D eigenvalue weighted by atomic mass is 9.80. The molecule has 1 aromatic carbocycles. The average Bonchev–Trinajstić information content (AvgIpc) is 2.64. The number of halogens is 2. The Morgan fingerprint density at radius 1 is 1.16 bits per heavy atom. The third kappa shape index (κ3) is 2.86. The van der Waals surface area contributed by atoms with Crippen molar-refractivity contribution in [3.05, 3.63) is 77.5 Å². The van der Waals surface area contributed by atoms with Gasteiger partial charge in [0.2, 0.25) is 5.88 Å². The highest BCUT2D eigenvalue weighted by molar-refractivity contribution is 6.55. The van der Waals surface area contributed by atoms with Gasteiger partial charge in [-0.2, -0.15) is 0 Å². The molecule has 6 heteroatoms. The maximum atomic E-state index is 11.1. The van der Waals surface area contributed by atoms with E-state index in [2.05, 4.69) is 4.98 Å². The number of aromatic nitrogens is 1. The van der Waals surface area contributed by atoms with Crippen LogP contribution in [0.2, 0.25) is 0 Å². The van der Waals surface area contributed by atoms with Crippen LogP contribution in [0.5, 0.6) is 5.88 Å². The third-order valence-corrected chi connectivity index (χ3v) is 5.23. The highest BCUT2D eigenvalue weighted by atomic mass is 35.5. The van der Waals surface area contributed by atoms with E-state index in [4.69, 9.17) is 33.7 Å². The fourth-order valence-electron chi connectivity index (χ4n) is 2.80. The predicted octanol–water partition coefficient (Wildman–Crippen LogP) is 3.88. The number of benzene rings is 1. The zero-order valence-electron chi connectivity index (χ0n) is 13.4. The Morgan fingerprint density at radius 2 is 1.88 bits per heavy atom. The van der Waals surface area contributed by atoms with E-state index in [0.717, 1.165) is 5.56 Å². The maximum Gasteiger partial charge on any atom is 0.224 e. The Balaban J connectivity index is 2.12. The van der Waals surface area contributed by atoms with Crippen molar-refractivity contribution in [2.24, 2.45) is 5.73 Å². The van der Waals surface area contributed by atoms with E-state index < -0.39 is 9.87 Å². The lowest BCUT2D eigenvalue weighted by Gasteiger charge is -2.41. The zero-order chi connectivity index (χ0) is 18.1. The van der Waals surface area contributed by atoms with Crippen molar-refractivity contribution in [3.63, 3.8) is 0 Å². The van der Waals surface area contributed by atoms with E-state index in [0.29, 0.717) is 23.1 Å². The molecular formula is C19H16Cl2N2O2. The molecule has 1 heterocycles. The molecule has 25 heavy (non-hydrogen) atoms. The van der Waals surface area contributed by atoms with E-state index in [9.17, 15) is 4.79 Å². The minimum atomic E-state index is -1.47. The molecule has 0 aliphatic heterocycles. The molecule has 0 saturated carbocycles. The molecule has 1 aliphatic rings. The first-order chi connectivity index (χ1) is 11.9. The SMILES string of the molecule is COc1nc(C2(N)C=CC=C(c3ccccc3)C2(Cl)Cl)ccc1C=O. The minimum absolute atomic E-state index is 0.172. The Morgan fingerprint density at radius 3 is 2.52 bits per heavy atom. The molecule has 0 fully saturated rings. The summed E-state index contributed by atoms with van der Waals surface area (Å²) >= 11 is 13.5. The smallest absolute Gasteiger partial charge is 0.224 e. The van der Waals surface area contributed by atoms with E-state index in [1.807, 2.05) is 36.4 Å². The second kappa shape index (κ2) is 6.64. The van der Waals surface area contributed by atoms with Crippen LogP contribution < -0.4 is 10.5 Å². The number of ether oxygens (including phenoxy) is 1. The number of hydrogen-bond acceptors (Lipinski definition) is 4. The molecule has 4 nitrogen and oxygen atoms in total. The van der Waals surface area contributed by atoms with Crippen molar-refractivity contribution in [1.82, 2.24) is 4.98 Å². The summed E-state index contributed by atoms with van der Waals surface area (Å²) in [5.41, 5.74) is 7.56. The number of nitrogens with zero attached hydrogens (tertiary/aromatic N) is 1. The summed E-state index contributed by atoms with van der Waals surface area (Å²) in [7, 11) is 1.43. The van der Waals surface area contributed by atoms with Crippen molar-refractivity contribution in [3.8, 4) is 5.88 Å². The topological polar surface area (TPSA) is 65.2 Å². The molecule has 0 radical (unpaired) electrons. The molecular weight excluding hydrogens is 359 g/mol. The number of allylic oxidation sites excluding steroid dienone is 2. The van der Waals surface area contributed by atoms with Gasteiger partial charge >= 0.3 is 0 Å². The van der Waals surface area contributed by atoms with Crippen LogP contribution >= 0.6 is 23.2 Å². The number of hydrogen-bond donors (Lipinski definition) is 1. The van der Waals surface area contributed by atoms with E-state index in [1.165, 1.54) is 7.11 Å². The first-order valence-electron chi connectivity index (χ1n) is 7.57. The lowest BCUT2D eigenvalue weighted by molar-refractivity contribution is 0.111. The monoisotopic (exact) mass is 374 g/mol. The minimum Gasteiger partial charge on any atom is -0.480 e. The van der Waals surface area contributed by atoms with Gasteiger partial charge in [-0.05, 0) is 23.3 Å². The highest BCUT2D eigenvalue weighted by Crippen LogP contribution is 2.51. The number of rotatable bonds is 4. The molecule has 1 unspecified atom stereocenters. The van der Waals surface area contributed by atoms with Gasteiger partial charge in [0.05, 0.1) is 18.4 Å². The molecule has 2 N–H and O–H groups in total. The van der Waals surface area contributed by atoms with Crippen LogP contribution in [0.4, 0.5) is 0 Å². The second-order valence-electron chi connectivity index (χ2n) is 5.66. The number of nitrogens with two attached hydrogens (primary N) is 1. The predicted molar refractivity (Wildman–Crippen MR) is 100 cm³/mol. The third-order valence-electron chi connectivity index (χ3n) is 4.20. The quantitative estimate of drug-likeness (QED) is 0.651. The first kappa shape index (κ1) is 17.7. The van der Waals surface area contributed by atoms with Crippen molar-refractivity contribution in [2.75, 3.05) is 7.11 Å². The van der Waals surface area contributed by atoms with E-state index >= 15 is 0 Å². The number of methoxy groups -OCH3 is 1. The van der Waals surface area contributed by atoms with Crippen LogP contribution in [-0.2, 0) is 5.54 Å². The molecule has 1 atom stereocenters. The number of aldehydes is 1. The van der Waals surface area contributed by atoms with Crippen LogP contribution in [0, 0.1) is 0 Å². The van der Waals surface area contributed by atoms with Crippen LogP contribution in [0.3, 0.4) is 0 Å². The molecule has 2 aromatic rings. The number of carbonyl (C=O) groups is 1. The van der Waals surface area contributed by atoms with Crippen LogP contribution in [0.1, 0.15) is 21.6 Å². The van der Waals surface area contributed by atoms with Gasteiger partial charge in [-0.3, -0.25) is 4.79 Å². The second-order valence-corrected chi connectivity index (χ2v) is 6.99. The van der Waals surface area contributed by atoms with E-state index in [1.54, 1.807) is 24.3 Å². The van der Waals surface area contributed by atoms with Gasteiger partial charge < -0.3 is 10.5 Å². The standard InChI is InChI=1S/C19H16Cl2N2O2/c1-25-17-14(12-24)9-10-16(23-17)18(22)11-5-8-15(19(18,20)21)13-6-3-2-4-7-13/h2-12H,22H2,1H3. The van der Waals surface area contributed by atoms with Gasteiger partial charge in [-0.15, -0.1) is 0 Å². The Labute approximate surface area is 155 Å². The largest absolute Gasteiger partial charge is 0.480 e. The maximum absolute atomic E-state index is 11.1. The summed E-state index contributed by atoms with van der Waals surface area (Å²) in [6.45, 7) is 0. The highest BCUT2D eigenvalue weighted by Gasteiger charge is 2.51. The van der Waals surface area contributed by atoms with Gasteiger partial charge in [-0.25, -0.2) is 4.98 Å². The fraction of sp³-hybridized carbons (Fsp3) is 0.158. The van der Waals surface area contributed by atoms with Gasteiger partial charge in [0.15, 0.2) is 10.6 Å². The van der Waals surface area contributed by atoms with Gasteiger partial charge in [0, 0.05) is 0 Å². The Bertz CT molecular complexity index is 863. The summed E-state index contributed by atoms with van der Waals surface area (Å²) in [5.74, 6) is 0.172. The summed E-state index contributed by atoms with van der Waals surface area (Å²) < 4.78 is 3.70. The molecule has 1 aliphatic carbocycles. The van der Waals surface area contributed by atoms with E-state index in [-0.39, 0.29) is 5.88 Å². The molecule has 0 saturated heterocycles. The summed E-state index contributed by atoms with van der Waals surface area (Å²) in [5, 5.41) is 0. The van der Waals surface area contributed by atoms with Gasteiger partial charge in [-0.1, -0.05) is 71.8 Å². The summed E-state index contributed by atoms with van der Waals surface area (Å²) in [4.78, 5) is 15.4. The van der Waals surface area contributed by atoms with Crippen molar-refractivity contribution >= 4 is 35.1 Å². The molecule has 1 aromatic heterocycles. The van der Waals surface area contributed by atoms with Crippen LogP contribution in [-0.4, -0.2) is 22.7 Å². The lowest BCUT2D eigenvalue weighted by Crippen LogP contribution is -2.52. The number of alkyl halides is 2. The summed E-state index contributed by atoms with van der Waals surface area (Å²) in [6.07, 6.45) is 5.99. The molecule has 0 bridgehead atoms. The van der Waals surface area contributed by atoms with Crippen molar-refractivity contribution in [1.29, 1.82) is 0 Å². The molecule has 3 rings (SSSR count). The average molecular weight is 375 g/mol. The van der Waals surface area contributed by atoms with Crippen LogP contribution in [0.15, 0.2) is 60.7 Å². The van der Waals surface area contributed by atoms with Crippen molar-refractivity contribution in [2.45, 2.75) is 9.87 Å². The molecule has 0 spiro atoms.